The average molecular weight is 273 g/mol. The maximum atomic E-state index is 12.5. The van der Waals surface area contributed by atoms with Crippen LogP contribution in [0.15, 0.2) is 24.3 Å². The summed E-state index contributed by atoms with van der Waals surface area (Å²) in [5.41, 5.74) is 1.42. The van der Waals surface area contributed by atoms with E-state index in [0.717, 1.165) is 18.5 Å². The lowest BCUT2D eigenvalue weighted by atomic mass is 10.0. The summed E-state index contributed by atoms with van der Waals surface area (Å²) in [5.74, 6) is 0.0666. The average Bonchev–Trinajstić information content (AvgIpc) is 2.48. The molecule has 1 atom stereocenters. The Morgan fingerprint density at radius 1 is 1.45 bits per heavy atom. The normalized spacial score (nSPS) is 19.2. The smallest absolute Gasteiger partial charge is 0.244 e. The monoisotopic (exact) mass is 273 g/mol. The molecule has 2 rings (SSSR count). The molecule has 1 aliphatic heterocycles. The Kier molecular flexibility index (Phi) is 4.72. The topological polar surface area (TPSA) is 67.6 Å². The van der Waals surface area contributed by atoms with E-state index in [-0.39, 0.29) is 18.6 Å². The Labute approximate surface area is 119 Å². The van der Waals surface area contributed by atoms with Crippen LogP contribution in [-0.2, 0) is 4.79 Å². The van der Waals surface area contributed by atoms with Crippen molar-refractivity contribution in [2.75, 3.05) is 31.6 Å². The van der Waals surface area contributed by atoms with Crippen molar-refractivity contribution in [2.24, 2.45) is 0 Å². The number of amides is 1. The van der Waals surface area contributed by atoms with Gasteiger partial charge in [0, 0.05) is 18.8 Å². The second-order valence-corrected chi connectivity index (χ2v) is 5.01. The molecular weight excluding hydrogens is 254 g/mol. The second kappa shape index (κ2) is 6.51. The lowest BCUT2D eigenvalue weighted by Gasteiger charge is -2.36. The molecule has 0 radical (unpaired) electrons. The maximum Gasteiger partial charge on any atom is 0.244 e. The first kappa shape index (κ1) is 14.5. The van der Waals surface area contributed by atoms with Crippen LogP contribution >= 0.6 is 0 Å². The lowest BCUT2D eigenvalue weighted by molar-refractivity contribution is -0.125. The van der Waals surface area contributed by atoms with Crippen LogP contribution in [0.4, 0.5) is 5.69 Å². The molecule has 1 fully saturated rings. The number of aliphatic hydroxyl groups excluding tert-OH is 1. The minimum absolute atomic E-state index is 0.0527. The minimum atomic E-state index is -0.174. The summed E-state index contributed by atoms with van der Waals surface area (Å²) in [5, 5.41) is 17.8. The first-order valence-corrected chi connectivity index (χ1v) is 6.80. The minimum Gasteiger partial charge on any atom is -0.395 e. The van der Waals surface area contributed by atoms with E-state index in [1.807, 2.05) is 24.1 Å². The number of piperidine rings is 1. The van der Waals surface area contributed by atoms with Crippen LogP contribution in [0.1, 0.15) is 18.4 Å². The largest absolute Gasteiger partial charge is 0.395 e. The zero-order chi connectivity index (χ0) is 14.5. The van der Waals surface area contributed by atoms with Crippen LogP contribution in [0.2, 0.25) is 0 Å². The standard InChI is InChI=1S/C15H19N3O2/c1-17(9-10-19)14-3-2-8-18(15(14)20)13-6-4-12(11-16)5-7-13/h4-7,14,19H,2-3,8-10H2,1H3. The van der Waals surface area contributed by atoms with Gasteiger partial charge in [0.2, 0.25) is 5.91 Å². The fourth-order valence-electron chi connectivity index (χ4n) is 2.55. The highest BCUT2D eigenvalue weighted by Crippen LogP contribution is 2.23. The number of anilines is 1. The van der Waals surface area contributed by atoms with Gasteiger partial charge in [-0.1, -0.05) is 0 Å². The van der Waals surface area contributed by atoms with E-state index in [9.17, 15) is 4.79 Å². The van der Waals surface area contributed by atoms with Crippen LogP contribution in [0.3, 0.4) is 0 Å². The predicted molar refractivity (Wildman–Crippen MR) is 76.2 cm³/mol. The summed E-state index contributed by atoms with van der Waals surface area (Å²) in [7, 11) is 1.86. The van der Waals surface area contributed by atoms with Gasteiger partial charge in [-0.3, -0.25) is 9.69 Å². The van der Waals surface area contributed by atoms with Crippen LogP contribution < -0.4 is 4.90 Å². The molecule has 0 aliphatic carbocycles. The molecule has 1 aromatic carbocycles. The SMILES string of the molecule is CN(CCO)C1CCCN(c2ccc(C#N)cc2)C1=O. The van der Waals surface area contributed by atoms with Crippen LogP contribution in [0.5, 0.6) is 0 Å². The number of likely N-dealkylation sites (N-methyl/N-ethyl adjacent to an activating group) is 1. The zero-order valence-electron chi connectivity index (χ0n) is 11.6. The molecule has 106 valence electrons. The van der Waals surface area contributed by atoms with Crippen molar-refractivity contribution in [2.45, 2.75) is 18.9 Å². The van der Waals surface area contributed by atoms with Gasteiger partial charge in [-0.05, 0) is 44.2 Å². The van der Waals surface area contributed by atoms with Crippen molar-refractivity contribution in [3.05, 3.63) is 29.8 Å². The predicted octanol–water partition coefficient (Wildman–Crippen LogP) is 0.978. The molecule has 1 heterocycles. The summed E-state index contributed by atoms with van der Waals surface area (Å²) >= 11 is 0. The van der Waals surface area contributed by atoms with Gasteiger partial charge in [0.15, 0.2) is 0 Å². The first-order chi connectivity index (χ1) is 9.67. The molecule has 0 aromatic heterocycles. The van der Waals surface area contributed by atoms with Crippen molar-refractivity contribution in [1.29, 1.82) is 5.26 Å². The molecule has 0 spiro atoms. The van der Waals surface area contributed by atoms with E-state index < -0.39 is 0 Å². The van der Waals surface area contributed by atoms with Gasteiger partial charge in [-0.2, -0.15) is 5.26 Å². The molecule has 1 N–H and O–H groups in total. The number of hydrogen-bond acceptors (Lipinski definition) is 4. The summed E-state index contributed by atoms with van der Waals surface area (Å²) in [6, 6.07) is 8.97. The van der Waals surface area contributed by atoms with E-state index in [1.54, 1.807) is 17.0 Å². The summed E-state index contributed by atoms with van der Waals surface area (Å²) in [6.45, 7) is 1.25. The number of nitriles is 1. The molecule has 20 heavy (non-hydrogen) atoms. The number of rotatable bonds is 4. The highest BCUT2D eigenvalue weighted by Gasteiger charge is 2.32. The van der Waals surface area contributed by atoms with Gasteiger partial charge in [0.25, 0.3) is 0 Å². The Bertz CT molecular complexity index is 507. The lowest BCUT2D eigenvalue weighted by Crippen LogP contribution is -2.52. The molecule has 5 heteroatoms. The van der Waals surface area contributed by atoms with Crippen molar-refractivity contribution < 1.29 is 9.90 Å². The Balaban J connectivity index is 2.15. The third kappa shape index (κ3) is 2.98. The fraction of sp³-hybridized carbons (Fsp3) is 0.467. The third-order valence-corrected chi connectivity index (χ3v) is 3.70. The first-order valence-electron chi connectivity index (χ1n) is 6.80. The van der Waals surface area contributed by atoms with Crippen molar-refractivity contribution >= 4 is 11.6 Å². The Morgan fingerprint density at radius 3 is 2.75 bits per heavy atom. The number of nitrogens with zero attached hydrogens (tertiary/aromatic N) is 3. The van der Waals surface area contributed by atoms with Gasteiger partial charge in [-0.25, -0.2) is 0 Å². The quantitative estimate of drug-likeness (QED) is 0.888. The zero-order valence-corrected chi connectivity index (χ0v) is 11.6. The number of carbonyl (C=O) groups is 1. The fourth-order valence-corrected chi connectivity index (χ4v) is 2.55. The van der Waals surface area contributed by atoms with Crippen LogP contribution in [0, 0.1) is 11.3 Å². The van der Waals surface area contributed by atoms with Crippen molar-refractivity contribution in [3.8, 4) is 6.07 Å². The molecule has 5 nitrogen and oxygen atoms in total. The molecule has 0 bridgehead atoms. The molecule has 1 saturated heterocycles. The summed E-state index contributed by atoms with van der Waals surface area (Å²) in [6.07, 6.45) is 1.76. The highest BCUT2D eigenvalue weighted by molar-refractivity contribution is 5.97. The molecule has 0 saturated carbocycles. The summed E-state index contributed by atoms with van der Waals surface area (Å²) in [4.78, 5) is 16.2. The van der Waals surface area contributed by atoms with Crippen LogP contribution in [-0.4, -0.2) is 48.7 Å². The maximum absolute atomic E-state index is 12.5. The van der Waals surface area contributed by atoms with Crippen LogP contribution in [0.25, 0.3) is 0 Å². The van der Waals surface area contributed by atoms with E-state index >= 15 is 0 Å². The second-order valence-electron chi connectivity index (χ2n) is 5.01. The molecule has 1 aliphatic rings. The van der Waals surface area contributed by atoms with Gasteiger partial charge in [-0.15, -0.1) is 0 Å². The van der Waals surface area contributed by atoms with E-state index in [1.165, 1.54) is 0 Å². The Morgan fingerprint density at radius 2 is 2.15 bits per heavy atom. The number of hydrogen-bond donors (Lipinski definition) is 1. The number of aliphatic hydroxyl groups is 1. The van der Waals surface area contributed by atoms with Gasteiger partial charge < -0.3 is 10.0 Å². The van der Waals surface area contributed by atoms with Gasteiger partial charge in [0.05, 0.1) is 24.3 Å². The molecule has 1 unspecified atom stereocenters. The molecule has 1 amide bonds. The van der Waals surface area contributed by atoms with Crippen molar-refractivity contribution in [3.63, 3.8) is 0 Å². The Hall–Kier alpha value is -1.90. The van der Waals surface area contributed by atoms with Crippen molar-refractivity contribution in [1.82, 2.24) is 4.90 Å². The third-order valence-electron chi connectivity index (χ3n) is 3.70. The van der Waals surface area contributed by atoms with E-state index in [0.29, 0.717) is 18.7 Å². The van der Waals surface area contributed by atoms with E-state index in [4.69, 9.17) is 10.4 Å². The summed E-state index contributed by atoms with van der Waals surface area (Å²) < 4.78 is 0. The highest BCUT2D eigenvalue weighted by atomic mass is 16.3. The number of carbonyl (C=O) groups excluding carboxylic acids is 1. The molecular formula is C15H19N3O2. The van der Waals surface area contributed by atoms with E-state index in [2.05, 4.69) is 6.07 Å². The van der Waals surface area contributed by atoms with Gasteiger partial charge in [0.1, 0.15) is 0 Å². The number of benzene rings is 1. The molecule has 1 aromatic rings. The van der Waals surface area contributed by atoms with Gasteiger partial charge >= 0.3 is 0 Å².